The van der Waals surface area contributed by atoms with E-state index < -0.39 is 0 Å². The lowest BCUT2D eigenvalue weighted by Gasteiger charge is -2.26. The van der Waals surface area contributed by atoms with Crippen molar-refractivity contribution in [3.63, 3.8) is 0 Å². The predicted molar refractivity (Wildman–Crippen MR) is 74.3 cm³/mol. The lowest BCUT2D eigenvalue weighted by atomic mass is 10.1. The lowest BCUT2D eigenvalue weighted by molar-refractivity contribution is -0.134. The molecule has 0 aromatic carbocycles. The number of pyridine rings is 1. The highest BCUT2D eigenvalue weighted by Gasteiger charge is 2.17. The van der Waals surface area contributed by atoms with Crippen molar-refractivity contribution in [1.29, 1.82) is 0 Å². The van der Waals surface area contributed by atoms with Gasteiger partial charge in [0.1, 0.15) is 0 Å². The molecule has 1 aliphatic rings. The maximum atomic E-state index is 12.0. The number of ether oxygens (including phenoxy) is 1. The molecule has 0 bridgehead atoms. The average Bonchev–Trinajstić information content (AvgIpc) is 2.46. The van der Waals surface area contributed by atoms with E-state index in [4.69, 9.17) is 4.74 Å². The van der Waals surface area contributed by atoms with E-state index in [0.29, 0.717) is 11.8 Å². The number of piperidine rings is 1. The first-order valence-corrected chi connectivity index (χ1v) is 7.03. The first kappa shape index (κ1) is 13.8. The van der Waals surface area contributed by atoms with Crippen molar-refractivity contribution in [1.82, 2.24) is 9.88 Å². The molecule has 4 heteroatoms. The molecule has 2 rings (SSSR count). The molecular formula is C15H22N2O2. The Balaban J connectivity index is 1.87. The van der Waals surface area contributed by atoms with Gasteiger partial charge in [0.2, 0.25) is 5.88 Å². The molecule has 1 saturated heterocycles. The van der Waals surface area contributed by atoms with Gasteiger partial charge in [-0.25, -0.2) is 4.98 Å². The summed E-state index contributed by atoms with van der Waals surface area (Å²) in [5, 5.41) is 0. The van der Waals surface area contributed by atoms with Crippen LogP contribution in [0.15, 0.2) is 18.3 Å². The molecule has 104 valence electrons. The molecule has 0 radical (unpaired) electrons. The molecule has 4 nitrogen and oxygen atoms in total. The smallest absolute Gasteiger partial charge is 0.260 e. The van der Waals surface area contributed by atoms with Gasteiger partial charge in [0.15, 0.2) is 6.61 Å². The average molecular weight is 262 g/mol. The van der Waals surface area contributed by atoms with Gasteiger partial charge in [-0.15, -0.1) is 0 Å². The van der Waals surface area contributed by atoms with Crippen molar-refractivity contribution in [2.45, 2.75) is 39.0 Å². The number of carbonyl (C=O) groups excluding carboxylic acids is 1. The number of hydrogen-bond acceptors (Lipinski definition) is 3. The van der Waals surface area contributed by atoms with Crippen LogP contribution >= 0.6 is 0 Å². The molecule has 0 N–H and O–H groups in total. The van der Waals surface area contributed by atoms with Crippen molar-refractivity contribution < 1.29 is 9.53 Å². The van der Waals surface area contributed by atoms with Crippen LogP contribution in [0, 0.1) is 0 Å². The minimum absolute atomic E-state index is 0.0662. The molecule has 0 unspecified atom stereocenters. The molecule has 0 atom stereocenters. The van der Waals surface area contributed by atoms with Crippen LogP contribution in [0.4, 0.5) is 0 Å². The second kappa shape index (κ2) is 6.55. The van der Waals surface area contributed by atoms with Crippen molar-refractivity contribution in [3.8, 4) is 5.88 Å². The van der Waals surface area contributed by atoms with Gasteiger partial charge in [-0.2, -0.15) is 0 Å². The fourth-order valence-corrected chi connectivity index (χ4v) is 2.23. The van der Waals surface area contributed by atoms with Gasteiger partial charge < -0.3 is 9.64 Å². The molecule has 1 aromatic rings. The third-order valence-electron chi connectivity index (χ3n) is 3.48. The summed E-state index contributed by atoms with van der Waals surface area (Å²) in [6.45, 7) is 6.06. The van der Waals surface area contributed by atoms with Gasteiger partial charge >= 0.3 is 0 Å². The normalized spacial score (nSPS) is 15.6. The number of rotatable bonds is 4. The number of nitrogens with zero attached hydrogens (tertiary/aromatic N) is 2. The molecule has 2 heterocycles. The number of hydrogen-bond donors (Lipinski definition) is 0. The van der Waals surface area contributed by atoms with E-state index in [0.717, 1.165) is 25.9 Å². The standard InChI is InChI=1S/C15H22N2O2/c1-12(2)13-6-7-16-14(10-13)19-11-15(18)17-8-4-3-5-9-17/h6-7,10,12H,3-5,8-9,11H2,1-2H3. The minimum Gasteiger partial charge on any atom is -0.468 e. The van der Waals surface area contributed by atoms with E-state index in [1.807, 2.05) is 17.0 Å². The van der Waals surface area contributed by atoms with Gasteiger partial charge in [0.05, 0.1) is 0 Å². The van der Waals surface area contributed by atoms with Crippen LogP contribution in [-0.2, 0) is 4.79 Å². The number of likely N-dealkylation sites (tertiary alicyclic amines) is 1. The zero-order valence-electron chi connectivity index (χ0n) is 11.8. The third-order valence-corrected chi connectivity index (χ3v) is 3.48. The zero-order chi connectivity index (χ0) is 13.7. The van der Waals surface area contributed by atoms with Crippen LogP contribution in [0.3, 0.4) is 0 Å². The highest BCUT2D eigenvalue weighted by molar-refractivity contribution is 5.77. The zero-order valence-corrected chi connectivity index (χ0v) is 11.8. The summed E-state index contributed by atoms with van der Waals surface area (Å²) in [6, 6.07) is 3.89. The van der Waals surface area contributed by atoms with Crippen molar-refractivity contribution in [2.75, 3.05) is 19.7 Å². The maximum Gasteiger partial charge on any atom is 0.260 e. The Bertz CT molecular complexity index is 426. The molecule has 0 saturated carbocycles. The molecule has 19 heavy (non-hydrogen) atoms. The van der Waals surface area contributed by atoms with Crippen LogP contribution in [0.1, 0.15) is 44.6 Å². The number of amides is 1. The Kier molecular flexibility index (Phi) is 4.77. The highest BCUT2D eigenvalue weighted by Crippen LogP contribution is 2.18. The Morgan fingerprint density at radius 2 is 2.11 bits per heavy atom. The molecule has 1 aromatic heterocycles. The van der Waals surface area contributed by atoms with Gasteiger partial charge in [0.25, 0.3) is 5.91 Å². The van der Waals surface area contributed by atoms with E-state index in [9.17, 15) is 4.79 Å². The van der Waals surface area contributed by atoms with E-state index in [1.165, 1.54) is 12.0 Å². The second-order valence-electron chi connectivity index (χ2n) is 5.31. The SMILES string of the molecule is CC(C)c1ccnc(OCC(=O)N2CCCCC2)c1. The third kappa shape index (κ3) is 3.94. The van der Waals surface area contributed by atoms with Gasteiger partial charge in [-0.05, 0) is 36.8 Å². The topological polar surface area (TPSA) is 42.4 Å². The molecule has 1 amide bonds. The van der Waals surface area contributed by atoms with E-state index in [-0.39, 0.29) is 12.5 Å². The monoisotopic (exact) mass is 262 g/mol. The molecule has 0 aliphatic carbocycles. The first-order valence-electron chi connectivity index (χ1n) is 7.03. The molecule has 0 spiro atoms. The summed E-state index contributed by atoms with van der Waals surface area (Å²) >= 11 is 0. The predicted octanol–water partition coefficient (Wildman–Crippen LogP) is 2.60. The molecule has 1 aliphatic heterocycles. The van der Waals surface area contributed by atoms with Gasteiger partial charge in [-0.3, -0.25) is 4.79 Å². The Labute approximate surface area is 114 Å². The Hall–Kier alpha value is -1.58. The van der Waals surface area contributed by atoms with E-state index in [2.05, 4.69) is 18.8 Å². The Morgan fingerprint density at radius 3 is 2.79 bits per heavy atom. The van der Waals surface area contributed by atoms with Gasteiger partial charge in [0, 0.05) is 25.4 Å². The van der Waals surface area contributed by atoms with Crippen LogP contribution < -0.4 is 4.74 Å². The summed E-state index contributed by atoms with van der Waals surface area (Å²) in [4.78, 5) is 18.0. The summed E-state index contributed by atoms with van der Waals surface area (Å²) in [7, 11) is 0. The molecule has 1 fully saturated rings. The summed E-state index contributed by atoms with van der Waals surface area (Å²) in [5.41, 5.74) is 1.18. The summed E-state index contributed by atoms with van der Waals surface area (Å²) < 4.78 is 5.51. The van der Waals surface area contributed by atoms with Crippen molar-refractivity contribution >= 4 is 5.91 Å². The highest BCUT2D eigenvalue weighted by atomic mass is 16.5. The minimum atomic E-state index is 0.0662. The van der Waals surface area contributed by atoms with Crippen LogP contribution in [0.25, 0.3) is 0 Å². The number of carbonyl (C=O) groups is 1. The van der Waals surface area contributed by atoms with Crippen molar-refractivity contribution in [3.05, 3.63) is 23.9 Å². The van der Waals surface area contributed by atoms with Crippen LogP contribution in [0.2, 0.25) is 0 Å². The first-order chi connectivity index (χ1) is 9.16. The van der Waals surface area contributed by atoms with E-state index >= 15 is 0 Å². The van der Waals surface area contributed by atoms with Crippen molar-refractivity contribution in [2.24, 2.45) is 0 Å². The fourth-order valence-electron chi connectivity index (χ4n) is 2.23. The molecular weight excluding hydrogens is 240 g/mol. The maximum absolute atomic E-state index is 12.0. The number of aromatic nitrogens is 1. The van der Waals surface area contributed by atoms with Crippen LogP contribution in [0.5, 0.6) is 5.88 Å². The fraction of sp³-hybridized carbons (Fsp3) is 0.600. The Morgan fingerprint density at radius 1 is 1.37 bits per heavy atom. The second-order valence-corrected chi connectivity index (χ2v) is 5.31. The van der Waals surface area contributed by atoms with E-state index in [1.54, 1.807) is 6.20 Å². The van der Waals surface area contributed by atoms with Crippen LogP contribution in [-0.4, -0.2) is 35.5 Å². The quantitative estimate of drug-likeness (QED) is 0.837. The summed E-state index contributed by atoms with van der Waals surface area (Å²) in [6.07, 6.45) is 5.16. The summed E-state index contributed by atoms with van der Waals surface area (Å²) in [5.74, 6) is 1.04. The lowest BCUT2D eigenvalue weighted by Crippen LogP contribution is -2.38. The largest absolute Gasteiger partial charge is 0.468 e. The van der Waals surface area contributed by atoms with Gasteiger partial charge in [-0.1, -0.05) is 13.8 Å².